The molecule has 4 amide bonds. The van der Waals surface area contributed by atoms with Crippen molar-refractivity contribution in [3.05, 3.63) is 96.1 Å². The molecule has 0 radical (unpaired) electrons. The van der Waals surface area contributed by atoms with Gasteiger partial charge < -0.3 is 30.3 Å². The Bertz CT molecular complexity index is 1300. The number of amides is 4. The molecule has 3 rings (SSSR count). The molecule has 2 aromatic carbocycles. The average Bonchev–Trinajstić information content (AvgIpc) is 3.03. The van der Waals surface area contributed by atoms with Gasteiger partial charge in [0.15, 0.2) is 0 Å². The summed E-state index contributed by atoms with van der Waals surface area (Å²) in [5.41, 5.74) is 1.14. The van der Waals surface area contributed by atoms with Crippen molar-refractivity contribution in [3.8, 4) is 0 Å². The molecule has 3 N–H and O–H groups in total. The summed E-state index contributed by atoms with van der Waals surface area (Å²) in [5, 5.41) is 8.42. The fraction of sp³-hybridized carbons (Fsp3) is 0.444. The number of likely N-dealkylation sites (tertiary alicyclic amines) is 1. The number of rotatable bonds is 14. The van der Waals surface area contributed by atoms with Gasteiger partial charge in [0.25, 0.3) is 0 Å². The number of nitrogens with one attached hydrogen (secondary N) is 3. The van der Waals surface area contributed by atoms with Gasteiger partial charge in [0.1, 0.15) is 18.2 Å². The number of benzene rings is 2. The molecule has 0 saturated carbocycles. The van der Waals surface area contributed by atoms with E-state index < -0.39 is 35.8 Å². The van der Waals surface area contributed by atoms with Crippen LogP contribution in [-0.2, 0) is 32.1 Å². The molecule has 1 heterocycles. The predicted molar refractivity (Wildman–Crippen MR) is 178 cm³/mol. The van der Waals surface area contributed by atoms with Crippen molar-refractivity contribution in [2.75, 3.05) is 19.6 Å². The maximum atomic E-state index is 13.6. The monoisotopic (exact) mass is 632 g/mol. The lowest BCUT2D eigenvalue weighted by Gasteiger charge is -2.25. The molecule has 10 heteroatoms. The number of alkyl carbamates (subject to hydrolysis) is 2. The van der Waals surface area contributed by atoms with Gasteiger partial charge >= 0.3 is 12.2 Å². The number of carbonyl (C=O) groups is 4. The topological polar surface area (TPSA) is 126 Å². The number of piperidine rings is 1. The highest BCUT2D eigenvalue weighted by atomic mass is 16.6. The van der Waals surface area contributed by atoms with Gasteiger partial charge in [0, 0.05) is 25.7 Å². The molecule has 0 bridgehead atoms. The second-order valence-electron chi connectivity index (χ2n) is 12.3. The van der Waals surface area contributed by atoms with Crippen LogP contribution in [0.1, 0.15) is 64.0 Å². The maximum absolute atomic E-state index is 13.6. The number of ether oxygens (including phenoxy) is 2. The molecule has 2 atom stereocenters. The standard InChI is InChI=1S/C36H48N4O6/c1-36(2,3)46-35(44)39-31(21-15-23-37-34(43)45-27-29-18-9-5-10-19-29)33(42)38-30(26-28-16-7-4-8-17-28)20-11-12-22-32(41)40-24-13-6-14-25-40/h4-5,7-12,16-20,22,30-31H,6,13-15,21,23-27H2,1-3H3,(H,37,43)(H,38,42)(H,39,44)/b20-11+,22-12+. The number of allylic oxidation sites excluding steroid dienone is 2. The zero-order valence-corrected chi connectivity index (χ0v) is 27.2. The Hall–Kier alpha value is -4.60. The number of nitrogens with zero attached hydrogens (tertiary/aromatic N) is 1. The fourth-order valence-electron chi connectivity index (χ4n) is 4.86. The van der Waals surface area contributed by atoms with E-state index in [4.69, 9.17) is 9.47 Å². The number of hydrogen-bond donors (Lipinski definition) is 3. The van der Waals surface area contributed by atoms with Gasteiger partial charge in [-0.25, -0.2) is 9.59 Å². The number of carbonyl (C=O) groups excluding carboxylic acids is 4. The van der Waals surface area contributed by atoms with Crippen molar-refractivity contribution in [3.63, 3.8) is 0 Å². The largest absolute Gasteiger partial charge is 0.445 e. The van der Waals surface area contributed by atoms with Crippen LogP contribution in [-0.4, -0.2) is 66.2 Å². The molecule has 1 fully saturated rings. The second-order valence-corrected chi connectivity index (χ2v) is 12.3. The lowest BCUT2D eigenvalue weighted by molar-refractivity contribution is -0.127. The van der Waals surface area contributed by atoms with Gasteiger partial charge in [-0.3, -0.25) is 9.59 Å². The third-order valence-corrected chi connectivity index (χ3v) is 7.15. The molecule has 2 unspecified atom stereocenters. The van der Waals surface area contributed by atoms with Crippen LogP contribution in [0.15, 0.2) is 85.0 Å². The van der Waals surface area contributed by atoms with Gasteiger partial charge in [-0.1, -0.05) is 78.9 Å². The van der Waals surface area contributed by atoms with Crippen LogP contribution in [0, 0.1) is 0 Å². The molecule has 2 aromatic rings. The van der Waals surface area contributed by atoms with E-state index >= 15 is 0 Å². The highest BCUT2D eigenvalue weighted by molar-refractivity contribution is 5.88. The van der Waals surface area contributed by atoms with Crippen LogP contribution in [0.3, 0.4) is 0 Å². The normalized spacial score (nSPS) is 14.8. The molecule has 0 spiro atoms. The van der Waals surface area contributed by atoms with Crippen molar-refractivity contribution in [2.24, 2.45) is 0 Å². The molecule has 0 aromatic heterocycles. The molecular formula is C36H48N4O6. The first-order valence-corrected chi connectivity index (χ1v) is 16.0. The summed E-state index contributed by atoms with van der Waals surface area (Å²) in [6.45, 7) is 7.18. The summed E-state index contributed by atoms with van der Waals surface area (Å²) in [7, 11) is 0. The van der Waals surface area contributed by atoms with E-state index in [2.05, 4.69) is 16.0 Å². The maximum Gasteiger partial charge on any atom is 0.408 e. The fourth-order valence-corrected chi connectivity index (χ4v) is 4.86. The van der Waals surface area contributed by atoms with Crippen molar-refractivity contribution >= 4 is 24.0 Å². The molecule has 46 heavy (non-hydrogen) atoms. The third-order valence-electron chi connectivity index (χ3n) is 7.15. The van der Waals surface area contributed by atoms with E-state index in [1.165, 1.54) is 0 Å². The van der Waals surface area contributed by atoms with Crippen molar-refractivity contribution < 1.29 is 28.7 Å². The zero-order valence-electron chi connectivity index (χ0n) is 27.2. The smallest absolute Gasteiger partial charge is 0.408 e. The minimum absolute atomic E-state index is 0.0211. The summed E-state index contributed by atoms with van der Waals surface area (Å²) < 4.78 is 10.7. The first kappa shape index (κ1) is 35.9. The van der Waals surface area contributed by atoms with Crippen LogP contribution in [0.25, 0.3) is 0 Å². The highest BCUT2D eigenvalue weighted by Crippen LogP contribution is 2.11. The van der Waals surface area contributed by atoms with E-state index in [0.717, 1.165) is 43.5 Å². The first-order valence-electron chi connectivity index (χ1n) is 16.0. The highest BCUT2D eigenvalue weighted by Gasteiger charge is 2.25. The minimum Gasteiger partial charge on any atom is -0.445 e. The zero-order chi connectivity index (χ0) is 33.2. The minimum atomic E-state index is -0.917. The molecule has 248 valence electrons. The molecule has 10 nitrogen and oxygen atoms in total. The number of hydrogen-bond acceptors (Lipinski definition) is 6. The van der Waals surface area contributed by atoms with E-state index in [9.17, 15) is 19.2 Å². The second kappa shape index (κ2) is 19.0. The average molecular weight is 633 g/mol. The van der Waals surface area contributed by atoms with Crippen LogP contribution in [0.5, 0.6) is 0 Å². The summed E-state index contributed by atoms with van der Waals surface area (Å²) in [5.74, 6) is -0.413. The third kappa shape index (κ3) is 14.5. The first-order chi connectivity index (χ1) is 22.1. The molecule has 1 saturated heterocycles. The Kier molecular flexibility index (Phi) is 14.8. The Balaban J connectivity index is 1.62. The van der Waals surface area contributed by atoms with Crippen LogP contribution < -0.4 is 16.0 Å². The van der Waals surface area contributed by atoms with Crippen molar-refractivity contribution in [1.82, 2.24) is 20.9 Å². The van der Waals surface area contributed by atoms with Crippen molar-refractivity contribution in [2.45, 2.75) is 83.6 Å². The molecule has 1 aliphatic rings. The van der Waals surface area contributed by atoms with Gasteiger partial charge in [0.2, 0.25) is 11.8 Å². The Morgan fingerprint density at radius 1 is 0.848 bits per heavy atom. The summed E-state index contributed by atoms with van der Waals surface area (Å²) >= 11 is 0. The quantitative estimate of drug-likeness (QED) is 0.145. The van der Waals surface area contributed by atoms with E-state index in [1.807, 2.05) is 71.6 Å². The van der Waals surface area contributed by atoms with E-state index in [0.29, 0.717) is 12.8 Å². The van der Waals surface area contributed by atoms with E-state index in [-0.39, 0.29) is 25.5 Å². The SMILES string of the molecule is CC(C)(C)OC(=O)NC(CCCNC(=O)OCc1ccccc1)C(=O)NC(/C=C/C=C/C(=O)N1CCCCC1)Cc1ccccc1. The Morgan fingerprint density at radius 2 is 1.50 bits per heavy atom. The van der Waals surface area contributed by atoms with Gasteiger partial charge in [-0.05, 0) is 70.4 Å². The van der Waals surface area contributed by atoms with Gasteiger partial charge in [0.05, 0.1) is 6.04 Å². The Labute approximate surface area is 272 Å². The summed E-state index contributed by atoms with van der Waals surface area (Å²) in [6, 6.07) is 17.8. The van der Waals surface area contributed by atoms with Gasteiger partial charge in [-0.2, -0.15) is 0 Å². The molecular weight excluding hydrogens is 584 g/mol. The summed E-state index contributed by atoms with van der Waals surface area (Å²) in [6.07, 6.45) is 9.90. The Morgan fingerprint density at radius 3 is 2.15 bits per heavy atom. The molecule has 0 aliphatic carbocycles. The van der Waals surface area contributed by atoms with Crippen LogP contribution in [0.2, 0.25) is 0 Å². The predicted octanol–water partition coefficient (Wildman–Crippen LogP) is 5.44. The lowest BCUT2D eigenvalue weighted by atomic mass is 10.0. The van der Waals surface area contributed by atoms with Gasteiger partial charge in [-0.15, -0.1) is 0 Å². The summed E-state index contributed by atoms with van der Waals surface area (Å²) in [4.78, 5) is 52.8. The molecule has 1 aliphatic heterocycles. The van der Waals surface area contributed by atoms with Crippen LogP contribution >= 0.6 is 0 Å². The lowest BCUT2D eigenvalue weighted by Crippen LogP contribution is -2.51. The van der Waals surface area contributed by atoms with Crippen LogP contribution in [0.4, 0.5) is 9.59 Å². The van der Waals surface area contributed by atoms with Crippen molar-refractivity contribution in [1.29, 1.82) is 0 Å². The van der Waals surface area contributed by atoms with E-state index in [1.54, 1.807) is 39.0 Å².